The molecule has 1 aliphatic heterocycles. The topological polar surface area (TPSA) is 46.1 Å². The quantitative estimate of drug-likeness (QED) is 0.844. The van der Waals surface area contributed by atoms with Gasteiger partial charge in [-0.05, 0) is 29.9 Å². The van der Waals surface area contributed by atoms with E-state index in [1.165, 1.54) is 17.1 Å². The Morgan fingerprint density at radius 3 is 2.91 bits per heavy atom. The van der Waals surface area contributed by atoms with Crippen LogP contribution in [0.25, 0.3) is 0 Å². The molecule has 2 heterocycles. The number of carbonyl (C=O) groups excluding carboxylic acids is 1. The Morgan fingerprint density at radius 2 is 2.13 bits per heavy atom. The van der Waals surface area contributed by atoms with Gasteiger partial charge in [-0.2, -0.15) is 11.8 Å². The van der Waals surface area contributed by atoms with Crippen LogP contribution in [0.15, 0.2) is 30.3 Å². The summed E-state index contributed by atoms with van der Waals surface area (Å²) in [6.45, 7) is 3.70. The molecule has 1 amide bonds. The largest absolute Gasteiger partial charge is 0.337 e. The van der Waals surface area contributed by atoms with Crippen molar-refractivity contribution in [2.75, 3.05) is 18.8 Å². The molecule has 0 saturated carbocycles. The molecule has 0 N–H and O–H groups in total. The molecule has 3 rings (SSSR count). The van der Waals surface area contributed by atoms with Crippen LogP contribution in [0.2, 0.25) is 0 Å². The van der Waals surface area contributed by atoms with Crippen molar-refractivity contribution in [3.8, 4) is 0 Å². The molecule has 0 bridgehead atoms. The molecule has 1 aromatic carbocycles. The highest BCUT2D eigenvalue weighted by molar-refractivity contribution is 7.99. The third-order valence-corrected chi connectivity index (χ3v) is 6.12. The second kappa shape index (κ2) is 7.93. The first-order chi connectivity index (χ1) is 11.3. The molecule has 122 valence electrons. The number of nitrogens with zero attached hydrogens (tertiary/aromatic N) is 3. The fourth-order valence-corrected chi connectivity index (χ4v) is 4.73. The molecule has 1 aromatic heterocycles. The Morgan fingerprint density at radius 1 is 1.30 bits per heavy atom. The van der Waals surface area contributed by atoms with E-state index in [2.05, 4.69) is 40.8 Å². The molecular weight excluding hydrogens is 326 g/mol. The molecule has 1 atom stereocenters. The van der Waals surface area contributed by atoms with Crippen LogP contribution in [0.1, 0.15) is 45.9 Å². The first-order valence-electron chi connectivity index (χ1n) is 8.06. The summed E-state index contributed by atoms with van der Waals surface area (Å²) in [7, 11) is 0. The molecule has 1 fully saturated rings. The highest BCUT2D eigenvalue weighted by Gasteiger charge is 2.25. The van der Waals surface area contributed by atoms with Gasteiger partial charge in [0.25, 0.3) is 5.91 Å². The summed E-state index contributed by atoms with van der Waals surface area (Å²) in [6, 6.07) is 10.6. The average Bonchev–Trinajstić information content (AvgIpc) is 2.90. The van der Waals surface area contributed by atoms with Crippen molar-refractivity contribution in [1.29, 1.82) is 0 Å². The van der Waals surface area contributed by atoms with Crippen LogP contribution in [0.4, 0.5) is 0 Å². The van der Waals surface area contributed by atoms with Crippen molar-refractivity contribution in [2.45, 2.75) is 31.4 Å². The zero-order valence-electron chi connectivity index (χ0n) is 13.3. The first kappa shape index (κ1) is 16.5. The second-order valence-corrected chi connectivity index (χ2v) is 7.71. The Hall–Kier alpha value is -1.40. The Kier molecular flexibility index (Phi) is 5.67. The lowest BCUT2D eigenvalue weighted by atomic mass is 10.1. The second-order valence-electron chi connectivity index (χ2n) is 5.65. The van der Waals surface area contributed by atoms with Crippen molar-refractivity contribution >= 4 is 29.2 Å². The maximum atomic E-state index is 12.8. The lowest BCUT2D eigenvalue weighted by Gasteiger charge is -2.19. The minimum absolute atomic E-state index is 0.109. The Labute approximate surface area is 145 Å². The third kappa shape index (κ3) is 3.93. The number of benzene rings is 1. The highest BCUT2D eigenvalue weighted by atomic mass is 32.2. The van der Waals surface area contributed by atoms with E-state index in [1.807, 2.05) is 22.7 Å². The van der Waals surface area contributed by atoms with Crippen molar-refractivity contribution in [1.82, 2.24) is 14.5 Å². The van der Waals surface area contributed by atoms with Crippen LogP contribution in [0, 0.1) is 0 Å². The molecule has 6 heteroatoms. The third-order valence-electron chi connectivity index (χ3n) is 4.04. The smallest absolute Gasteiger partial charge is 0.267 e. The zero-order valence-corrected chi connectivity index (χ0v) is 14.9. The van der Waals surface area contributed by atoms with Gasteiger partial charge in [-0.3, -0.25) is 4.79 Å². The van der Waals surface area contributed by atoms with Gasteiger partial charge in [-0.15, -0.1) is 5.10 Å². The van der Waals surface area contributed by atoms with E-state index in [-0.39, 0.29) is 5.91 Å². The summed E-state index contributed by atoms with van der Waals surface area (Å²) < 4.78 is 3.98. The van der Waals surface area contributed by atoms with Crippen molar-refractivity contribution < 1.29 is 4.79 Å². The van der Waals surface area contributed by atoms with Gasteiger partial charge in [-0.25, -0.2) is 0 Å². The fraction of sp³-hybridized carbons (Fsp3) is 0.471. The van der Waals surface area contributed by atoms with E-state index in [0.717, 1.165) is 48.7 Å². The van der Waals surface area contributed by atoms with Crippen molar-refractivity contribution in [3.05, 3.63) is 46.5 Å². The minimum atomic E-state index is 0.109. The molecular formula is C17H21N3OS2. The van der Waals surface area contributed by atoms with Crippen molar-refractivity contribution in [3.63, 3.8) is 0 Å². The number of amides is 1. The van der Waals surface area contributed by atoms with Crippen LogP contribution in [0.3, 0.4) is 0 Å². The van der Waals surface area contributed by atoms with Crippen molar-refractivity contribution in [2.24, 2.45) is 0 Å². The lowest BCUT2D eigenvalue weighted by molar-refractivity contribution is 0.0770. The van der Waals surface area contributed by atoms with Gasteiger partial charge < -0.3 is 4.90 Å². The number of rotatable bonds is 4. The molecule has 0 spiro atoms. The Bertz CT molecular complexity index is 644. The predicted octanol–water partition coefficient (Wildman–Crippen LogP) is 3.81. The van der Waals surface area contributed by atoms with Crippen LogP contribution < -0.4 is 0 Å². The van der Waals surface area contributed by atoms with E-state index in [0.29, 0.717) is 5.25 Å². The summed E-state index contributed by atoms with van der Waals surface area (Å²) in [6.07, 6.45) is 2.81. The van der Waals surface area contributed by atoms with Gasteiger partial charge in [-0.1, -0.05) is 48.2 Å². The van der Waals surface area contributed by atoms with E-state index in [1.54, 1.807) is 0 Å². The number of hydrogen-bond acceptors (Lipinski definition) is 5. The highest BCUT2D eigenvalue weighted by Crippen LogP contribution is 2.34. The van der Waals surface area contributed by atoms with Gasteiger partial charge in [0, 0.05) is 24.1 Å². The zero-order chi connectivity index (χ0) is 16.1. The van der Waals surface area contributed by atoms with Crippen LogP contribution in [-0.4, -0.2) is 39.2 Å². The van der Waals surface area contributed by atoms with Crippen LogP contribution in [-0.2, 0) is 6.42 Å². The SMILES string of the molecule is CCCc1nnsc1C(=O)N1CCS[C@H](c2ccccc2)CC1. The summed E-state index contributed by atoms with van der Waals surface area (Å²) in [4.78, 5) is 15.5. The number of carbonyl (C=O) groups is 1. The monoisotopic (exact) mass is 347 g/mol. The molecule has 2 aromatic rings. The standard InChI is InChI=1S/C17H21N3OS2/c1-2-6-14-16(23-19-18-14)17(21)20-10-9-15(22-12-11-20)13-7-4-3-5-8-13/h3-5,7-8,15H,2,6,9-12H2,1H3/t15-/m0/s1. The van der Waals surface area contributed by atoms with Crippen LogP contribution >= 0.6 is 23.3 Å². The van der Waals surface area contributed by atoms with Gasteiger partial charge >= 0.3 is 0 Å². The fourth-order valence-electron chi connectivity index (χ4n) is 2.82. The number of hydrogen-bond donors (Lipinski definition) is 0. The first-order valence-corrected chi connectivity index (χ1v) is 9.89. The normalized spacial score (nSPS) is 18.7. The predicted molar refractivity (Wildman–Crippen MR) is 96.1 cm³/mol. The minimum Gasteiger partial charge on any atom is -0.337 e. The van der Waals surface area contributed by atoms with Gasteiger partial charge in [0.15, 0.2) is 0 Å². The maximum Gasteiger partial charge on any atom is 0.267 e. The summed E-state index contributed by atoms with van der Waals surface area (Å²) in [5.41, 5.74) is 2.22. The lowest BCUT2D eigenvalue weighted by Crippen LogP contribution is -2.33. The Balaban J connectivity index is 1.68. The van der Waals surface area contributed by atoms with Gasteiger partial charge in [0.05, 0.1) is 5.69 Å². The van der Waals surface area contributed by atoms with Gasteiger partial charge in [0.2, 0.25) is 0 Å². The summed E-state index contributed by atoms with van der Waals surface area (Å²) >= 11 is 3.18. The van der Waals surface area contributed by atoms with E-state index in [4.69, 9.17) is 0 Å². The molecule has 0 unspecified atom stereocenters. The molecule has 0 radical (unpaired) electrons. The number of thioether (sulfide) groups is 1. The van der Waals surface area contributed by atoms with Gasteiger partial charge in [0.1, 0.15) is 4.88 Å². The van der Waals surface area contributed by atoms with Crippen LogP contribution in [0.5, 0.6) is 0 Å². The molecule has 1 saturated heterocycles. The summed E-state index contributed by atoms with van der Waals surface area (Å²) in [5, 5.41) is 4.60. The summed E-state index contributed by atoms with van der Waals surface area (Å²) in [5.74, 6) is 1.08. The molecule has 4 nitrogen and oxygen atoms in total. The average molecular weight is 348 g/mol. The number of aryl methyl sites for hydroxylation is 1. The molecule has 0 aliphatic carbocycles. The van der Waals surface area contributed by atoms with E-state index in [9.17, 15) is 4.79 Å². The molecule has 1 aliphatic rings. The van der Waals surface area contributed by atoms with E-state index < -0.39 is 0 Å². The van der Waals surface area contributed by atoms with E-state index >= 15 is 0 Å². The maximum absolute atomic E-state index is 12.8. The molecule has 23 heavy (non-hydrogen) atoms. The number of aromatic nitrogens is 2.